The molecule has 10 heteroatoms. The Kier molecular flexibility index (Phi) is 7.79. The Balaban J connectivity index is 1.59. The summed E-state index contributed by atoms with van der Waals surface area (Å²) in [6.07, 6.45) is 3.30. The van der Waals surface area contributed by atoms with Crippen molar-refractivity contribution in [2.45, 2.75) is 38.5 Å². The first kappa shape index (κ1) is 26.9. The second-order valence-electron chi connectivity index (χ2n) is 9.57. The molecule has 5 rings (SSSR count). The number of amides is 1. The van der Waals surface area contributed by atoms with E-state index < -0.39 is 24.1 Å². The van der Waals surface area contributed by atoms with E-state index in [1.807, 2.05) is 6.92 Å². The van der Waals surface area contributed by atoms with Gasteiger partial charge < -0.3 is 31.2 Å². The van der Waals surface area contributed by atoms with E-state index in [1.165, 1.54) is 0 Å². The van der Waals surface area contributed by atoms with Gasteiger partial charge in [0.1, 0.15) is 17.7 Å². The molecular formula is C30H31FN6O3. The van der Waals surface area contributed by atoms with Crippen molar-refractivity contribution in [3.8, 4) is 17.0 Å². The molecule has 7 N–H and O–H groups in total. The Labute approximate surface area is 231 Å². The Morgan fingerprint density at radius 2 is 2.00 bits per heavy atom. The maximum Gasteiger partial charge on any atom is 0.249 e. The molecule has 2 atom stereocenters. The minimum atomic E-state index is -0.768. The molecule has 1 saturated heterocycles. The molecule has 1 aliphatic rings. The maximum atomic E-state index is 16.2. The molecule has 4 aromatic rings. The molecule has 9 nitrogen and oxygen atoms in total. The predicted octanol–water partition coefficient (Wildman–Crippen LogP) is 4.88. The van der Waals surface area contributed by atoms with Gasteiger partial charge in [-0.25, -0.2) is 9.37 Å². The number of anilines is 1. The van der Waals surface area contributed by atoms with Crippen molar-refractivity contribution >= 4 is 17.4 Å². The Morgan fingerprint density at radius 3 is 2.67 bits per heavy atom. The molecule has 1 aromatic heterocycles. The number of halogens is 1. The van der Waals surface area contributed by atoms with Crippen LogP contribution in [0.25, 0.3) is 11.3 Å². The van der Waals surface area contributed by atoms with Crippen molar-refractivity contribution in [1.29, 1.82) is 5.41 Å². The number of aromatic nitrogens is 2. The summed E-state index contributed by atoms with van der Waals surface area (Å²) in [7, 11) is 0. The van der Waals surface area contributed by atoms with Gasteiger partial charge >= 0.3 is 0 Å². The fourth-order valence-electron chi connectivity index (χ4n) is 4.72. The highest BCUT2D eigenvalue weighted by molar-refractivity contribution is 5.99. The number of carbonyl (C=O) groups is 1. The number of carbonyl (C=O) groups excluding carboxylic acids is 1. The van der Waals surface area contributed by atoms with Crippen molar-refractivity contribution < 1.29 is 18.7 Å². The topological polar surface area (TPSA) is 152 Å². The lowest BCUT2D eigenvalue weighted by atomic mass is 9.99. The maximum absolute atomic E-state index is 16.2. The smallest absolute Gasteiger partial charge is 0.249 e. The average Bonchev–Trinajstić information content (AvgIpc) is 3.66. The van der Waals surface area contributed by atoms with Gasteiger partial charge in [-0.2, -0.15) is 0 Å². The van der Waals surface area contributed by atoms with Gasteiger partial charge in [0, 0.05) is 34.4 Å². The van der Waals surface area contributed by atoms with Crippen LogP contribution < -0.4 is 21.5 Å². The molecular weight excluding hydrogens is 511 g/mol. The van der Waals surface area contributed by atoms with Crippen molar-refractivity contribution in [3.63, 3.8) is 0 Å². The van der Waals surface area contributed by atoms with Crippen LogP contribution in [0, 0.1) is 11.2 Å². The minimum Gasteiger partial charge on any atom is -0.462 e. The van der Waals surface area contributed by atoms with Crippen molar-refractivity contribution in [2.75, 3.05) is 11.9 Å². The molecule has 1 amide bonds. The summed E-state index contributed by atoms with van der Waals surface area (Å²) in [6, 6.07) is 16.6. The number of benzene rings is 3. The van der Waals surface area contributed by atoms with Gasteiger partial charge in [-0.1, -0.05) is 31.2 Å². The van der Waals surface area contributed by atoms with Crippen LogP contribution in [-0.2, 0) is 11.2 Å². The Hall–Kier alpha value is -4.70. The largest absolute Gasteiger partial charge is 0.462 e. The number of aryl methyl sites for hydroxylation is 1. The normalized spacial score (nSPS) is 15.5. The number of ether oxygens (including phenoxy) is 2. The number of nitrogens with one attached hydrogen (secondary N) is 3. The molecule has 0 spiro atoms. The molecule has 0 unspecified atom stereocenters. The molecule has 2 heterocycles. The molecule has 3 aromatic carbocycles. The first-order valence-corrected chi connectivity index (χ1v) is 13.1. The number of imidazole rings is 1. The van der Waals surface area contributed by atoms with Crippen LogP contribution in [0.3, 0.4) is 0 Å². The van der Waals surface area contributed by atoms with Crippen LogP contribution in [0.1, 0.15) is 58.7 Å². The van der Waals surface area contributed by atoms with Crippen LogP contribution in [0.2, 0.25) is 0 Å². The highest BCUT2D eigenvalue weighted by atomic mass is 19.1. The lowest BCUT2D eigenvalue weighted by Gasteiger charge is -2.22. The first-order valence-electron chi connectivity index (χ1n) is 13.1. The molecule has 0 radical (unpaired) electrons. The Bertz CT molecular complexity index is 1530. The molecule has 1 aliphatic heterocycles. The third kappa shape index (κ3) is 5.67. The molecule has 0 aliphatic carbocycles. The summed E-state index contributed by atoms with van der Waals surface area (Å²) in [5.41, 5.74) is 15.1. The Morgan fingerprint density at radius 1 is 1.23 bits per heavy atom. The second-order valence-corrected chi connectivity index (χ2v) is 9.57. The third-order valence-electron chi connectivity index (χ3n) is 6.85. The summed E-state index contributed by atoms with van der Waals surface area (Å²) < 4.78 is 27.7. The molecule has 0 saturated carbocycles. The van der Waals surface area contributed by atoms with Gasteiger partial charge in [0.15, 0.2) is 17.9 Å². The van der Waals surface area contributed by atoms with E-state index in [1.54, 1.807) is 66.9 Å². The molecule has 40 heavy (non-hydrogen) atoms. The van der Waals surface area contributed by atoms with Gasteiger partial charge in [-0.15, -0.1) is 0 Å². The standard InChI is InChI=1S/C30H31FN6O3/c1-2-17-14-22(26(31)24(15-17)40-25-8-5-13-39-25)27(36-19-11-9-18(10-12-19)28(32)33)30-35-16-23(37-30)20-6-3-4-7-21(20)29(34)38/h3-4,6-7,9-12,14-16,25,27,36H,2,5,8,13H2,1H3,(H3,32,33)(H2,34,38)(H,35,37)/t25-,27-/m1/s1. The number of primary amides is 1. The zero-order chi connectivity index (χ0) is 28.2. The number of rotatable bonds is 10. The van der Waals surface area contributed by atoms with Crippen molar-refractivity contribution in [1.82, 2.24) is 9.97 Å². The number of hydrogen-bond acceptors (Lipinski definition) is 6. The zero-order valence-corrected chi connectivity index (χ0v) is 22.0. The summed E-state index contributed by atoms with van der Waals surface area (Å²) in [6.45, 7) is 2.57. The lowest BCUT2D eigenvalue weighted by Crippen LogP contribution is -2.19. The minimum absolute atomic E-state index is 0.0514. The van der Waals surface area contributed by atoms with Gasteiger partial charge in [0.05, 0.1) is 18.5 Å². The summed E-state index contributed by atoms with van der Waals surface area (Å²) >= 11 is 0. The molecule has 206 valence electrons. The van der Waals surface area contributed by atoms with Crippen LogP contribution >= 0.6 is 0 Å². The van der Waals surface area contributed by atoms with Gasteiger partial charge in [-0.05, 0) is 54.8 Å². The van der Waals surface area contributed by atoms with E-state index in [0.29, 0.717) is 58.9 Å². The third-order valence-corrected chi connectivity index (χ3v) is 6.85. The number of aromatic amines is 1. The van der Waals surface area contributed by atoms with E-state index in [9.17, 15) is 4.79 Å². The number of amidine groups is 1. The van der Waals surface area contributed by atoms with Crippen molar-refractivity contribution in [3.05, 3.63) is 101 Å². The number of hydrogen-bond donors (Lipinski definition) is 5. The second kappa shape index (κ2) is 11.6. The highest BCUT2D eigenvalue weighted by Crippen LogP contribution is 2.35. The average molecular weight is 543 g/mol. The van der Waals surface area contributed by atoms with Gasteiger partial charge in [0.2, 0.25) is 5.91 Å². The SMILES string of the molecule is CCc1cc(O[C@@H]2CCCO2)c(F)c([C@@H](Nc2ccc(C(=N)N)cc2)c2ncc(-c3ccccc3C(N)=O)[nH]2)c1. The van der Waals surface area contributed by atoms with E-state index in [-0.39, 0.29) is 11.6 Å². The van der Waals surface area contributed by atoms with Crippen LogP contribution in [0.4, 0.5) is 10.1 Å². The lowest BCUT2D eigenvalue weighted by molar-refractivity contribution is -0.0412. The van der Waals surface area contributed by atoms with Gasteiger partial charge in [-0.3, -0.25) is 10.2 Å². The van der Waals surface area contributed by atoms with E-state index in [2.05, 4.69) is 15.3 Å². The zero-order valence-electron chi connectivity index (χ0n) is 22.0. The fourth-order valence-corrected chi connectivity index (χ4v) is 4.72. The number of nitrogen functional groups attached to an aromatic ring is 1. The first-order chi connectivity index (χ1) is 19.3. The van der Waals surface area contributed by atoms with E-state index in [4.69, 9.17) is 26.4 Å². The fraction of sp³-hybridized carbons (Fsp3) is 0.233. The quantitative estimate of drug-likeness (QED) is 0.142. The van der Waals surface area contributed by atoms with E-state index >= 15 is 4.39 Å². The summed E-state index contributed by atoms with van der Waals surface area (Å²) in [5.74, 6) is -0.610. The predicted molar refractivity (Wildman–Crippen MR) is 151 cm³/mol. The molecule has 1 fully saturated rings. The van der Waals surface area contributed by atoms with Crippen LogP contribution in [0.5, 0.6) is 5.75 Å². The van der Waals surface area contributed by atoms with Crippen molar-refractivity contribution in [2.24, 2.45) is 11.5 Å². The number of nitrogens with zero attached hydrogens (tertiary/aromatic N) is 1. The number of H-pyrrole nitrogens is 1. The number of nitrogens with two attached hydrogens (primary N) is 2. The van der Waals surface area contributed by atoms with Gasteiger partial charge in [0.25, 0.3) is 0 Å². The monoisotopic (exact) mass is 542 g/mol. The summed E-state index contributed by atoms with van der Waals surface area (Å²) in [4.78, 5) is 19.9. The molecule has 0 bridgehead atoms. The highest BCUT2D eigenvalue weighted by Gasteiger charge is 2.27. The van der Waals surface area contributed by atoms with Crippen LogP contribution in [0.15, 0.2) is 66.9 Å². The van der Waals surface area contributed by atoms with Crippen LogP contribution in [-0.4, -0.2) is 34.6 Å². The van der Waals surface area contributed by atoms with E-state index in [0.717, 1.165) is 12.0 Å². The summed E-state index contributed by atoms with van der Waals surface area (Å²) in [5, 5.41) is 11.0.